The molecule has 1 unspecified atom stereocenters. The Labute approximate surface area is 239 Å². The molecule has 0 spiro atoms. The zero-order valence-electron chi connectivity index (χ0n) is 24.4. The number of amides is 1. The van der Waals surface area contributed by atoms with E-state index in [2.05, 4.69) is 65.5 Å². The van der Waals surface area contributed by atoms with E-state index in [4.69, 9.17) is 14.2 Å². The SMILES string of the molecule is C/C=C/NC(=O)/C1=C/c2cc(-c3ccc(OCCOCCCC)cc3)ccc2N(CC2CN(C)CCO2)CCC1. The average Bonchev–Trinajstić information content (AvgIpc) is 2.96. The van der Waals surface area contributed by atoms with Gasteiger partial charge in [0.15, 0.2) is 0 Å². The highest BCUT2D eigenvalue weighted by Crippen LogP contribution is 2.33. The summed E-state index contributed by atoms with van der Waals surface area (Å²) in [5.41, 5.74) is 5.20. The van der Waals surface area contributed by atoms with Crippen molar-refractivity contribution in [2.75, 3.05) is 64.6 Å². The molecule has 1 saturated heterocycles. The smallest absolute Gasteiger partial charge is 0.251 e. The van der Waals surface area contributed by atoms with Crippen molar-refractivity contribution in [3.63, 3.8) is 0 Å². The van der Waals surface area contributed by atoms with E-state index in [9.17, 15) is 4.79 Å². The first-order chi connectivity index (χ1) is 19.6. The zero-order valence-corrected chi connectivity index (χ0v) is 24.4. The Morgan fingerprint density at radius 3 is 2.70 bits per heavy atom. The lowest BCUT2D eigenvalue weighted by Gasteiger charge is -2.36. The Balaban J connectivity index is 1.54. The van der Waals surface area contributed by atoms with Crippen molar-refractivity contribution in [1.82, 2.24) is 10.2 Å². The first-order valence-corrected chi connectivity index (χ1v) is 14.7. The van der Waals surface area contributed by atoms with Gasteiger partial charge >= 0.3 is 0 Å². The van der Waals surface area contributed by atoms with Crippen LogP contribution >= 0.6 is 0 Å². The molecule has 40 heavy (non-hydrogen) atoms. The Morgan fingerprint density at radius 1 is 1.10 bits per heavy atom. The number of nitrogens with one attached hydrogen (secondary N) is 1. The molecule has 2 heterocycles. The van der Waals surface area contributed by atoms with Crippen molar-refractivity contribution in [1.29, 1.82) is 0 Å². The van der Waals surface area contributed by atoms with Gasteiger partial charge in [-0.2, -0.15) is 0 Å². The Hall–Kier alpha value is -3.13. The molecule has 1 N–H and O–H groups in total. The minimum atomic E-state index is -0.0414. The van der Waals surface area contributed by atoms with E-state index in [0.29, 0.717) is 13.2 Å². The molecule has 2 aliphatic heterocycles. The number of hydrogen-bond acceptors (Lipinski definition) is 6. The molecule has 2 aromatic rings. The molecule has 0 radical (unpaired) electrons. The summed E-state index contributed by atoms with van der Waals surface area (Å²) in [7, 11) is 2.15. The fourth-order valence-corrected chi connectivity index (χ4v) is 5.13. The standard InChI is InChI=1S/C33H45N3O4/c1-4-6-18-38-20-21-40-30-12-9-26(10-13-30)27-11-14-32-29(22-27)23-28(33(37)34-15-5-2)8-7-16-36(32)25-31-24-35(3)17-19-39-31/h5,9-15,22-23,31H,4,6-8,16-21,24-25H2,1-3H3,(H,34,37)/b15-5+,28-23+. The molecule has 7 nitrogen and oxygen atoms in total. The van der Waals surface area contributed by atoms with Gasteiger partial charge < -0.3 is 29.3 Å². The molecule has 0 saturated carbocycles. The van der Waals surface area contributed by atoms with Crippen molar-refractivity contribution in [3.8, 4) is 16.9 Å². The number of benzene rings is 2. The number of rotatable bonds is 12. The monoisotopic (exact) mass is 547 g/mol. The van der Waals surface area contributed by atoms with Gasteiger partial charge in [0.2, 0.25) is 0 Å². The van der Waals surface area contributed by atoms with Crippen molar-refractivity contribution >= 4 is 17.7 Å². The van der Waals surface area contributed by atoms with Crippen molar-refractivity contribution in [2.24, 2.45) is 0 Å². The Morgan fingerprint density at radius 2 is 1.93 bits per heavy atom. The Bertz CT molecular complexity index is 1140. The van der Waals surface area contributed by atoms with Crippen LogP contribution in [0.25, 0.3) is 17.2 Å². The van der Waals surface area contributed by atoms with E-state index in [1.54, 1.807) is 6.20 Å². The van der Waals surface area contributed by atoms with Gasteiger partial charge in [-0.3, -0.25) is 4.79 Å². The van der Waals surface area contributed by atoms with Crippen LogP contribution in [0.5, 0.6) is 5.75 Å². The minimum absolute atomic E-state index is 0.0414. The number of carbonyl (C=O) groups is 1. The van der Waals surface area contributed by atoms with Crippen LogP contribution in [-0.2, 0) is 14.3 Å². The highest BCUT2D eigenvalue weighted by molar-refractivity contribution is 5.99. The van der Waals surface area contributed by atoms with Crippen LogP contribution in [0.2, 0.25) is 0 Å². The van der Waals surface area contributed by atoms with Gasteiger partial charge in [-0.1, -0.05) is 37.6 Å². The van der Waals surface area contributed by atoms with E-state index in [1.165, 1.54) is 0 Å². The van der Waals surface area contributed by atoms with Crippen molar-refractivity contribution < 1.29 is 19.0 Å². The molecule has 1 amide bonds. The van der Waals surface area contributed by atoms with Gasteiger partial charge in [0.25, 0.3) is 5.91 Å². The molecule has 1 atom stereocenters. The first kappa shape index (κ1) is 29.8. The lowest BCUT2D eigenvalue weighted by Crippen LogP contribution is -2.46. The fourth-order valence-electron chi connectivity index (χ4n) is 5.13. The number of anilines is 1. The van der Waals surface area contributed by atoms with Gasteiger partial charge in [-0.05, 0) is 86.5 Å². The lowest BCUT2D eigenvalue weighted by molar-refractivity contribution is -0.116. The second-order valence-corrected chi connectivity index (χ2v) is 10.6. The van der Waals surface area contributed by atoms with Crippen LogP contribution in [0.4, 0.5) is 5.69 Å². The molecule has 0 aromatic heterocycles. The number of morpholine rings is 1. The van der Waals surface area contributed by atoms with Gasteiger partial charge in [-0.15, -0.1) is 0 Å². The van der Waals surface area contributed by atoms with Crippen LogP contribution in [0.3, 0.4) is 0 Å². The molecular formula is C33H45N3O4. The number of fused-ring (bicyclic) bond motifs is 1. The summed E-state index contributed by atoms with van der Waals surface area (Å²) in [5, 5.41) is 2.90. The molecule has 1 fully saturated rings. The molecule has 216 valence electrons. The third-order valence-corrected chi connectivity index (χ3v) is 7.34. The quantitative estimate of drug-likeness (QED) is 0.354. The van der Waals surface area contributed by atoms with Crippen molar-refractivity contribution in [2.45, 2.75) is 45.6 Å². The van der Waals surface area contributed by atoms with Crippen molar-refractivity contribution in [3.05, 3.63) is 65.9 Å². The fraction of sp³-hybridized carbons (Fsp3) is 0.485. The minimum Gasteiger partial charge on any atom is -0.491 e. The number of nitrogens with zero attached hydrogens (tertiary/aromatic N) is 2. The summed E-state index contributed by atoms with van der Waals surface area (Å²) in [4.78, 5) is 17.7. The molecule has 2 aliphatic rings. The number of likely N-dealkylation sites (N-methyl/N-ethyl adjacent to an activating group) is 1. The summed E-state index contributed by atoms with van der Waals surface area (Å²) in [6.07, 6.45) is 9.61. The summed E-state index contributed by atoms with van der Waals surface area (Å²) < 4.78 is 17.6. The third-order valence-electron chi connectivity index (χ3n) is 7.34. The number of ether oxygens (including phenoxy) is 3. The van der Waals surface area contributed by atoms with Gasteiger partial charge in [-0.25, -0.2) is 0 Å². The molecule has 4 rings (SSSR count). The molecule has 7 heteroatoms. The van der Waals surface area contributed by atoms with Gasteiger partial charge in [0.05, 0.1) is 19.3 Å². The molecule has 0 aliphatic carbocycles. The predicted octanol–water partition coefficient (Wildman–Crippen LogP) is 5.51. The maximum Gasteiger partial charge on any atom is 0.251 e. The van der Waals surface area contributed by atoms with Crippen LogP contribution < -0.4 is 15.0 Å². The summed E-state index contributed by atoms with van der Waals surface area (Å²) in [5.74, 6) is 0.792. The molecular weight excluding hydrogens is 502 g/mol. The summed E-state index contributed by atoms with van der Waals surface area (Å²) >= 11 is 0. The summed E-state index contributed by atoms with van der Waals surface area (Å²) in [6.45, 7) is 10.4. The maximum absolute atomic E-state index is 12.9. The zero-order chi connectivity index (χ0) is 28.2. The van der Waals surface area contributed by atoms with E-state index in [0.717, 1.165) is 98.8 Å². The lowest BCUT2D eigenvalue weighted by atomic mass is 9.96. The predicted molar refractivity (Wildman–Crippen MR) is 163 cm³/mol. The largest absolute Gasteiger partial charge is 0.491 e. The first-order valence-electron chi connectivity index (χ1n) is 14.7. The number of hydrogen-bond donors (Lipinski definition) is 1. The topological polar surface area (TPSA) is 63.3 Å². The number of carbonyl (C=O) groups excluding carboxylic acids is 1. The Kier molecular flexibility index (Phi) is 11.6. The van der Waals surface area contributed by atoms with Gasteiger partial charge in [0.1, 0.15) is 12.4 Å². The van der Waals surface area contributed by atoms with Crippen LogP contribution in [0, 0.1) is 0 Å². The number of unbranched alkanes of at least 4 members (excludes halogenated alkanes) is 1. The van der Waals surface area contributed by atoms with E-state index in [1.807, 2.05) is 25.1 Å². The molecule has 0 bridgehead atoms. The van der Waals surface area contributed by atoms with Crippen LogP contribution in [-0.4, -0.2) is 76.6 Å². The van der Waals surface area contributed by atoms with Crippen LogP contribution in [0.1, 0.15) is 45.1 Å². The normalized spacial score (nSPS) is 19.4. The third kappa shape index (κ3) is 8.68. The second-order valence-electron chi connectivity index (χ2n) is 10.6. The highest BCUT2D eigenvalue weighted by Gasteiger charge is 2.24. The summed E-state index contributed by atoms with van der Waals surface area (Å²) in [6, 6.07) is 14.8. The molecule has 2 aromatic carbocycles. The maximum atomic E-state index is 12.9. The van der Waals surface area contributed by atoms with E-state index in [-0.39, 0.29) is 12.0 Å². The van der Waals surface area contributed by atoms with E-state index < -0.39 is 0 Å². The van der Waals surface area contributed by atoms with Gasteiger partial charge in [0, 0.05) is 44.0 Å². The number of allylic oxidation sites excluding steroid dienone is 1. The van der Waals surface area contributed by atoms with E-state index >= 15 is 0 Å². The van der Waals surface area contributed by atoms with Crippen LogP contribution in [0.15, 0.2) is 60.3 Å². The second kappa shape index (κ2) is 15.6. The average molecular weight is 548 g/mol. The highest BCUT2D eigenvalue weighted by atomic mass is 16.5.